The molecule has 158 valence electrons. The van der Waals surface area contributed by atoms with Crippen LogP contribution in [0.5, 0.6) is 5.75 Å². The van der Waals surface area contributed by atoms with Crippen LogP contribution in [0.25, 0.3) is 22.6 Å². The second-order valence-electron chi connectivity index (χ2n) is 7.65. The monoisotopic (exact) mass is 423 g/mol. The molecule has 4 aromatic rings. The predicted octanol–water partition coefficient (Wildman–Crippen LogP) is 4.15. The lowest BCUT2D eigenvalue weighted by Gasteiger charge is -2.09. The summed E-state index contributed by atoms with van der Waals surface area (Å²) in [6.45, 7) is 0.437. The number of aliphatic hydroxyl groups excluding tert-OH is 1. The molecule has 5 rings (SSSR count). The number of nitrogens with zero attached hydrogens (tertiary/aromatic N) is 1. The number of aliphatic hydroxyl groups is 1. The van der Waals surface area contributed by atoms with Gasteiger partial charge in [0.2, 0.25) is 0 Å². The molecule has 0 saturated carbocycles. The second kappa shape index (κ2) is 8.17. The van der Waals surface area contributed by atoms with Gasteiger partial charge in [-0.25, -0.2) is 0 Å². The topological polar surface area (TPSA) is 94.5 Å². The van der Waals surface area contributed by atoms with E-state index in [2.05, 4.69) is 15.6 Å². The molecule has 6 heteroatoms. The third-order valence-electron chi connectivity index (χ3n) is 5.57. The summed E-state index contributed by atoms with van der Waals surface area (Å²) in [5.74, 6) is -0.0812. The molecular weight excluding hydrogens is 402 g/mol. The molecular formula is C26H21N3O3. The van der Waals surface area contributed by atoms with E-state index in [1.54, 1.807) is 42.6 Å². The van der Waals surface area contributed by atoms with Crippen LogP contribution in [0.3, 0.4) is 0 Å². The average Bonchev–Trinajstić information content (AvgIpc) is 3.14. The Balaban J connectivity index is 1.48. The zero-order valence-electron chi connectivity index (χ0n) is 17.1. The molecule has 1 aromatic heterocycles. The number of fused-ring (bicyclic) bond motifs is 2. The number of anilines is 1. The van der Waals surface area contributed by atoms with E-state index in [4.69, 9.17) is 0 Å². The van der Waals surface area contributed by atoms with Crippen molar-refractivity contribution in [1.29, 1.82) is 0 Å². The molecule has 32 heavy (non-hydrogen) atoms. The number of nitrogens with one attached hydrogen (secondary N) is 2. The molecule has 0 radical (unpaired) electrons. The summed E-state index contributed by atoms with van der Waals surface area (Å²) in [6, 6.07) is 22.1. The van der Waals surface area contributed by atoms with Gasteiger partial charge >= 0.3 is 0 Å². The highest BCUT2D eigenvalue weighted by Crippen LogP contribution is 2.37. The van der Waals surface area contributed by atoms with E-state index < -0.39 is 6.23 Å². The standard InChI is InChI=1S/C26H21N3O3/c30-23-11-9-17(19-7-4-12-27-24(19)23)13-21-20-14-18(8-10-22(20)29-26(21)32)25(31)28-15-16-5-2-1-3-6-16/h1-14,26,29-30,32H,15H2,(H,28,31). The quantitative estimate of drug-likeness (QED) is 0.396. The van der Waals surface area contributed by atoms with Crippen LogP contribution in [0.15, 0.2) is 79.0 Å². The van der Waals surface area contributed by atoms with Crippen molar-refractivity contribution < 1.29 is 15.0 Å². The van der Waals surface area contributed by atoms with Crippen molar-refractivity contribution in [3.8, 4) is 5.75 Å². The molecule has 6 nitrogen and oxygen atoms in total. The SMILES string of the molecule is O=C(NCc1ccccc1)c1ccc2c(c1)C(=Cc1ccc(O)c3ncccc13)C(O)N2. The lowest BCUT2D eigenvalue weighted by atomic mass is 9.99. The second-order valence-corrected chi connectivity index (χ2v) is 7.65. The van der Waals surface area contributed by atoms with Gasteiger partial charge in [0.25, 0.3) is 5.91 Å². The number of pyridine rings is 1. The molecule has 1 aliphatic heterocycles. The molecule has 1 unspecified atom stereocenters. The summed E-state index contributed by atoms with van der Waals surface area (Å²) in [4.78, 5) is 17.0. The lowest BCUT2D eigenvalue weighted by Crippen LogP contribution is -2.22. The Kier molecular flexibility index (Phi) is 5.05. The van der Waals surface area contributed by atoms with Crippen molar-refractivity contribution in [1.82, 2.24) is 10.3 Å². The maximum atomic E-state index is 12.7. The van der Waals surface area contributed by atoms with E-state index in [0.29, 0.717) is 23.2 Å². The molecule has 1 aliphatic rings. The zero-order valence-corrected chi connectivity index (χ0v) is 17.1. The summed E-state index contributed by atoms with van der Waals surface area (Å²) < 4.78 is 0. The van der Waals surface area contributed by atoms with Crippen LogP contribution in [-0.2, 0) is 6.54 Å². The van der Waals surface area contributed by atoms with E-state index in [1.807, 2.05) is 42.5 Å². The smallest absolute Gasteiger partial charge is 0.251 e. The van der Waals surface area contributed by atoms with Gasteiger partial charge in [-0.2, -0.15) is 0 Å². The van der Waals surface area contributed by atoms with Gasteiger partial charge in [-0.3, -0.25) is 9.78 Å². The van der Waals surface area contributed by atoms with Crippen LogP contribution in [-0.4, -0.2) is 27.3 Å². The Morgan fingerprint density at radius 2 is 1.91 bits per heavy atom. The number of carbonyl (C=O) groups excluding carboxylic acids is 1. The molecule has 2 heterocycles. The highest BCUT2D eigenvalue weighted by Gasteiger charge is 2.25. The molecule has 0 fully saturated rings. The molecule has 1 amide bonds. The van der Waals surface area contributed by atoms with E-state index in [1.165, 1.54) is 0 Å². The molecule has 0 aliphatic carbocycles. The number of phenolic OH excluding ortho intramolecular Hbond substituents is 1. The summed E-state index contributed by atoms with van der Waals surface area (Å²) in [7, 11) is 0. The number of amides is 1. The number of benzene rings is 3. The van der Waals surface area contributed by atoms with E-state index >= 15 is 0 Å². The van der Waals surface area contributed by atoms with Gasteiger partial charge in [0, 0.05) is 40.5 Å². The molecule has 0 saturated heterocycles. The van der Waals surface area contributed by atoms with Gasteiger partial charge in [0.15, 0.2) is 6.23 Å². The zero-order chi connectivity index (χ0) is 22.1. The first kappa shape index (κ1) is 19.8. The lowest BCUT2D eigenvalue weighted by molar-refractivity contribution is 0.0951. The molecule has 1 atom stereocenters. The van der Waals surface area contributed by atoms with Crippen molar-refractivity contribution in [2.24, 2.45) is 0 Å². The molecule has 3 aromatic carbocycles. The van der Waals surface area contributed by atoms with E-state index in [9.17, 15) is 15.0 Å². The first-order chi connectivity index (χ1) is 15.6. The fraction of sp³-hybridized carbons (Fsp3) is 0.0769. The minimum atomic E-state index is -0.909. The number of aromatic nitrogens is 1. The maximum Gasteiger partial charge on any atom is 0.251 e. The normalized spacial score (nSPS) is 16.0. The predicted molar refractivity (Wildman–Crippen MR) is 125 cm³/mol. The van der Waals surface area contributed by atoms with Crippen molar-refractivity contribution >= 4 is 34.1 Å². The minimum Gasteiger partial charge on any atom is -0.506 e. The third-order valence-corrected chi connectivity index (χ3v) is 5.57. The summed E-state index contributed by atoms with van der Waals surface area (Å²) in [5, 5.41) is 27.5. The van der Waals surface area contributed by atoms with Crippen molar-refractivity contribution in [3.05, 3.63) is 101 Å². The number of aromatic hydroxyl groups is 1. The van der Waals surface area contributed by atoms with Crippen molar-refractivity contribution in [2.45, 2.75) is 12.8 Å². The Morgan fingerprint density at radius 3 is 2.75 bits per heavy atom. The highest BCUT2D eigenvalue weighted by molar-refractivity contribution is 6.02. The molecule has 4 N–H and O–H groups in total. The number of phenols is 1. The maximum absolute atomic E-state index is 12.7. The molecule has 0 bridgehead atoms. The van der Waals surface area contributed by atoms with E-state index in [0.717, 1.165) is 27.8 Å². The third kappa shape index (κ3) is 3.68. The largest absolute Gasteiger partial charge is 0.506 e. The summed E-state index contributed by atoms with van der Waals surface area (Å²) in [5.41, 5.74) is 5.00. The highest BCUT2D eigenvalue weighted by atomic mass is 16.3. The number of hydrogen-bond donors (Lipinski definition) is 4. The van der Waals surface area contributed by atoms with Gasteiger partial charge in [-0.15, -0.1) is 0 Å². The van der Waals surface area contributed by atoms with Crippen LogP contribution < -0.4 is 10.6 Å². The Hall–Kier alpha value is -4.16. The first-order valence-corrected chi connectivity index (χ1v) is 10.3. The van der Waals surface area contributed by atoms with Gasteiger partial charge in [0.1, 0.15) is 11.3 Å². The number of carbonyl (C=O) groups is 1. The minimum absolute atomic E-state index is 0.102. The summed E-state index contributed by atoms with van der Waals surface area (Å²) in [6.07, 6.45) is 2.58. The van der Waals surface area contributed by atoms with Crippen LogP contribution >= 0.6 is 0 Å². The van der Waals surface area contributed by atoms with Crippen molar-refractivity contribution in [3.63, 3.8) is 0 Å². The van der Waals surface area contributed by atoms with Crippen molar-refractivity contribution in [2.75, 3.05) is 5.32 Å². The fourth-order valence-electron chi connectivity index (χ4n) is 3.93. The Labute approximate surface area is 184 Å². The summed E-state index contributed by atoms with van der Waals surface area (Å²) >= 11 is 0. The van der Waals surface area contributed by atoms with Gasteiger partial charge in [0.05, 0.1) is 0 Å². The van der Waals surface area contributed by atoms with Crippen LogP contribution in [0, 0.1) is 0 Å². The van der Waals surface area contributed by atoms with Gasteiger partial charge in [-0.05, 0) is 47.5 Å². The number of rotatable bonds is 4. The van der Waals surface area contributed by atoms with Crippen LogP contribution in [0.1, 0.15) is 27.0 Å². The average molecular weight is 423 g/mol. The van der Waals surface area contributed by atoms with Gasteiger partial charge in [-0.1, -0.05) is 42.5 Å². The fourth-order valence-corrected chi connectivity index (χ4v) is 3.93. The van der Waals surface area contributed by atoms with Crippen LogP contribution in [0.2, 0.25) is 0 Å². The Bertz CT molecular complexity index is 1350. The number of hydrogen-bond acceptors (Lipinski definition) is 5. The van der Waals surface area contributed by atoms with Gasteiger partial charge < -0.3 is 20.8 Å². The Morgan fingerprint density at radius 1 is 1.06 bits per heavy atom. The van der Waals surface area contributed by atoms with Crippen LogP contribution in [0.4, 0.5) is 5.69 Å². The first-order valence-electron chi connectivity index (χ1n) is 10.3. The molecule has 0 spiro atoms. The van der Waals surface area contributed by atoms with E-state index in [-0.39, 0.29) is 11.7 Å².